The van der Waals surface area contributed by atoms with Crippen LogP contribution in [0.3, 0.4) is 0 Å². The predicted molar refractivity (Wildman–Crippen MR) is 64.7 cm³/mol. The fourth-order valence-corrected chi connectivity index (χ4v) is 1.60. The SMILES string of the molecule is CN1C=C(C(=O)O)CN1Nc1ncccc1[N+](=O)[O-]. The van der Waals surface area contributed by atoms with Crippen LogP contribution in [0.25, 0.3) is 0 Å². The number of rotatable bonds is 4. The van der Waals surface area contributed by atoms with E-state index < -0.39 is 10.9 Å². The van der Waals surface area contributed by atoms with E-state index in [1.54, 1.807) is 7.05 Å². The minimum absolute atomic E-state index is 0.0550. The lowest BCUT2D eigenvalue weighted by Gasteiger charge is -2.25. The number of nitrogens with zero attached hydrogens (tertiary/aromatic N) is 4. The molecule has 0 aliphatic carbocycles. The van der Waals surface area contributed by atoms with Crippen molar-refractivity contribution in [1.29, 1.82) is 0 Å². The normalized spacial score (nSPS) is 15.2. The van der Waals surface area contributed by atoms with Gasteiger partial charge in [-0.1, -0.05) is 0 Å². The molecule has 1 aliphatic rings. The highest BCUT2D eigenvalue weighted by molar-refractivity contribution is 5.87. The highest BCUT2D eigenvalue weighted by Crippen LogP contribution is 2.23. The van der Waals surface area contributed by atoms with E-state index in [0.29, 0.717) is 0 Å². The van der Waals surface area contributed by atoms with Gasteiger partial charge in [0.1, 0.15) is 0 Å². The summed E-state index contributed by atoms with van der Waals surface area (Å²) in [6, 6.07) is 2.77. The number of hydrazine groups is 2. The van der Waals surface area contributed by atoms with Gasteiger partial charge in [-0.3, -0.25) is 20.5 Å². The third-order valence-corrected chi connectivity index (χ3v) is 2.54. The minimum Gasteiger partial charge on any atom is -0.478 e. The van der Waals surface area contributed by atoms with E-state index in [1.165, 1.54) is 34.7 Å². The molecule has 0 aromatic carbocycles. The Balaban J connectivity index is 2.16. The number of nitro groups is 1. The number of carbonyl (C=O) groups is 1. The Morgan fingerprint density at radius 2 is 2.37 bits per heavy atom. The molecular formula is C10H11N5O4. The number of hydrogen-bond acceptors (Lipinski definition) is 7. The van der Waals surface area contributed by atoms with Gasteiger partial charge in [0.15, 0.2) is 0 Å². The van der Waals surface area contributed by atoms with Gasteiger partial charge in [-0.15, -0.1) is 5.12 Å². The topological polar surface area (TPSA) is 112 Å². The number of carboxylic acids is 1. The Kier molecular flexibility index (Phi) is 3.29. The Morgan fingerprint density at radius 1 is 1.63 bits per heavy atom. The summed E-state index contributed by atoms with van der Waals surface area (Å²) in [7, 11) is 1.62. The Hall–Kier alpha value is -2.68. The van der Waals surface area contributed by atoms with E-state index >= 15 is 0 Å². The van der Waals surface area contributed by atoms with Crippen LogP contribution in [0, 0.1) is 10.1 Å². The molecule has 0 fully saturated rings. The molecule has 0 saturated heterocycles. The van der Waals surface area contributed by atoms with E-state index in [4.69, 9.17) is 5.11 Å². The van der Waals surface area contributed by atoms with E-state index in [2.05, 4.69) is 10.4 Å². The first kappa shape index (κ1) is 12.8. The lowest BCUT2D eigenvalue weighted by molar-refractivity contribution is -0.384. The summed E-state index contributed by atoms with van der Waals surface area (Å²) in [4.78, 5) is 25.0. The van der Waals surface area contributed by atoms with Crippen molar-refractivity contribution >= 4 is 17.5 Å². The van der Waals surface area contributed by atoms with Crippen molar-refractivity contribution in [3.05, 3.63) is 40.2 Å². The first-order valence-electron chi connectivity index (χ1n) is 5.29. The van der Waals surface area contributed by atoms with Crippen LogP contribution >= 0.6 is 0 Å². The molecule has 2 heterocycles. The number of aromatic nitrogens is 1. The van der Waals surface area contributed by atoms with Crippen molar-refractivity contribution in [2.75, 3.05) is 19.0 Å². The first-order chi connectivity index (χ1) is 8.99. The quantitative estimate of drug-likeness (QED) is 0.596. The molecule has 2 rings (SSSR count). The minimum atomic E-state index is -1.04. The first-order valence-corrected chi connectivity index (χ1v) is 5.29. The highest BCUT2D eigenvalue weighted by atomic mass is 16.6. The molecule has 0 spiro atoms. The number of nitrogens with one attached hydrogen (secondary N) is 1. The van der Waals surface area contributed by atoms with Crippen molar-refractivity contribution in [1.82, 2.24) is 15.1 Å². The number of aliphatic carboxylic acids is 1. The van der Waals surface area contributed by atoms with Crippen molar-refractivity contribution in [3.63, 3.8) is 0 Å². The van der Waals surface area contributed by atoms with Crippen LogP contribution in [0.2, 0.25) is 0 Å². The summed E-state index contributed by atoms with van der Waals surface area (Å²) in [6.07, 6.45) is 2.83. The zero-order chi connectivity index (χ0) is 14.0. The average molecular weight is 265 g/mol. The second-order valence-electron chi connectivity index (χ2n) is 3.83. The summed E-state index contributed by atoms with van der Waals surface area (Å²) in [5.74, 6) is -0.981. The number of pyridine rings is 1. The molecule has 19 heavy (non-hydrogen) atoms. The van der Waals surface area contributed by atoms with Crippen molar-refractivity contribution in [3.8, 4) is 0 Å². The van der Waals surface area contributed by atoms with E-state index in [1.807, 2.05) is 0 Å². The van der Waals surface area contributed by atoms with Crippen LogP contribution < -0.4 is 5.43 Å². The number of hydrogen-bond donors (Lipinski definition) is 2. The molecule has 0 atom stereocenters. The molecule has 9 nitrogen and oxygen atoms in total. The Labute approximate surface area is 107 Å². The van der Waals surface area contributed by atoms with Crippen LogP contribution in [0.1, 0.15) is 0 Å². The van der Waals surface area contributed by atoms with Gasteiger partial charge in [0, 0.05) is 25.5 Å². The molecule has 0 unspecified atom stereocenters. The largest absolute Gasteiger partial charge is 0.478 e. The van der Waals surface area contributed by atoms with E-state index in [9.17, 15) is 14.9 Å². The monoisotopic (exact) mass is 265 g/mol. The maximum Gasteiger partial charge on any atom is 0.334 e. The van der Waals surface area contributed by atoms with Crippen molar-refractivity contribution < 1.29 is 14.8 Å². The van der Waals surface area contributed by atoms with Gasteiger partial charge < -0.3 is 5.11 Å². The Morgan fingerprint density at radius 3 is 2.95 bits per heavy atom. The molecule has 0 bridgehead atoms. The van der Waals surface area contributed by atoms with Gasteiger partial charge in [0.2, 0.25) is 5.82 Å². The molecule has 1 aromatic heterocycles. The fourth-order valence-electron chi connectivity index (χ4n) is 1.60. The number of anilines is 1. The van der Waals surface area contributed by atoms with E-state index in [0.717, 1.165) is 0 Å². The van der Waals surface area contributed by atoms with Crippen LogP contribution in [0.5, 0.6) is 0 Å². The van der Waals surface area contributed by atoms with Gasteiger partial charge in [-0.05, 0) is 6.07 Å². The maximum absolute atomic E-state index is 10.8. The van der Waals surface area contributed by atoms with Gasteiger partial charge in [-0.2, -0.15) is 0 Å². The maximum atomic E-state index is 10.8. The summed E-state index contributed by atoms with van der Waals surface area (Å²) < 4.78 is 0. The van der Waals surface area contributed by atoms with Crippen LogP contribution in [-0.4, -0.2) is 44.7 Å². The van der Waals surface area contributed by atoms with Crippen molar-refractivity contribution in [2.24, 2.45) is 0 Å². The fraction of sp³-hybridized carbons (Fsp3) is 0.200. The lowest BCUT2D eigenvalue weighted by atomic mass is 10.3. The summed E-state index contributed by atoms with van der Waals surface area (Å²) in [5, 5.41) is 22.6. The summed E-state index contributed by atoms with van der Waals surface area (Å²) in [6.45, 7) is 0.0829. The third-order valence-electron chi connectivity index (χ3n) is 2.54. The van der Waals surface area contributed by atoms with Crippen LogP contribution in [-0.2, 0) is 4.79 Å². The predicted octanol–water partition coefficient (Wildman–Crippen LogP) is 0.448. The average Bonchev–Trinajstić information content (AvgIpc) is 2.72. The lowest BCUT2D eigenvalue weighted by Crippen LogP contribution is -2.38. The zero-order valence-electron chi connectivity index (χ0n) is 9.98. The molecule has 1 aliphatic heterocycles. The number of carboxylic acid groups (broad SMARTS) is 1. The van der Waals surface area contributed by atoms with Gasteiger partial charge in [-0.25, -0.2) is 9.78 Å². The molecule has 9 heteroatoms. The van der Waals surface area contributed by atoms with Crippen LogP contribution in [0.4, 0.5) is 11.5 Å². The van der Waals surface area contributed by atoms with Gasteiger partial charge in [0.25, 0.3) is 0 Å². The molecule has 0 amide bonds. The second-order valence-corrected chi connectivity index (χ2v) is 3.83. The Bertz CT molecular complexity index is 559. The molecule has 2 N–H and O–H groups in total. The van der Waals surface area contributed by atoms with Crippen LogP contribution in [0.15, 0.2) is 30.1 Å². The third kappa shape index (κ3) is 2.60. The molecule has 1 aromatic rings. The van der Waals surface area contributed by atoms with E-state index in [-0.39, 0.29) is 23.6 Å². The molecule has 100 valence electrons. The second kappa shape index (κ2) is 4.90. The molecule has 0 saturated carbocycles. The summed E-state index contributed by atoms with van der Waals surface area (Å²) in [5.41, 5.74) is 2.71. The smallest absolute Gasteiger partial charge is 0.334 e. The highest BCUT2D eigenvalue weighted by Gasteiger charge is 2.26. The summed E-state index contributed by atoms with van der Waals surface area (Å²) >= 11 is 0. The standard InChI is InChI=1S/C10H11N5O4/c1-13-5-7(10(16)17)6-14(13)12-9-8(15(18)19)3-2-4-11-9/h2-5H,6H2,1H3,(H,11,12)(H,16,17). The molecule has 0 radical (unpaired) electrons. The zero-order valence-corrected chi connectivity index (χ0v) is 9.98. The van der Waals surface area contributed by atoms with Gasteiger partial charge in [0.05, 0.1) is 17.0 Å². The van der Waals surface area contributed by atoms with Crippen molar-refractivity contribution in [2.45, 2.75) is 0 Å². The molecular weight excluding hydrogens is 254 g/mol. The van der Waals surface area contributed by atoms with Gasteiger partial charge >= 0.3 is 11.7 Å².